The fraction of sp³-hybridized carbons (Fsp3) is 0.316. The Bertz CT molecular complexity index is 1050. The fourth-order valence-corrected chi connectivity index (χ4v) is 3.99. The Morgan fingerprint density at radius 1 is 1.34 bits per heavy atom. The molecular weight excluding hydrogens is 487 g/mol. The SMILES string of the molecule is COc1nccc(I)c1-c1nc2cc3c(cc2[nH]1)CN(NCCNCCO)C3=O. The molecule has 1 aliphatic rings. The zero-order valence-corrected chi connectivity index (χ0v) is 18.0. The number of imidazole rings is 1. The summed E-state index contributed by atoms with van der Waals surface area (Å²) in [7, 11) is 1.58. The number of pyridine rings is 1. The number of benzene rings is 1. The van der Waals surface area contributed by atoms with Crippen LogP contribution >= 0.6 is 22.6 Å². The summed E-state index contributed by atoms with van der Waals surface area (Å²) in [5.74, 6) is 1.10. The average Bonchev–Trinajstić information content (AvgIpc) is 3.26. The van der Waals surface area contributed by atoms with E-state index in [0.717, 1.165) is 25.7 Å². The van der Waals surface area contributed by atoms with Gasteiger partial charge in [0.05, 0.1) is 36.9 Å². The van der Waals surface area contributed by atoms with Crippen molar-refractivity contribution in [3.8, 4) is 17.3 Å². The van der Waals surface area contributed by atoms with Gasteiger partial charge in [0, 0.05) is 35.0 Å². The normalized spacial score (nSPS) is 13.3. The van der Waals surface area contributed by atoms with Crippen LogP contribution < -0.4 is 15.5 Å². The van der Waals surface area contributed by atoms with E-state index in [0.29, 0.717) is 43.4 Å². The topological polar surface area (TPSA) is 115 Å². The van der Waals surface area contributed by atoms with E-state index in [1.807, 2.05) is 18.2 Å². The predicted molar refractivity (Wildman–Crippen MR) is 116 cm³/mol. The van der Waals surface area contributed by atoms with E-state index in [-0.39, 0.29) is 12.5 Å². The number of hydrogen-bond donors (Lipinski definition) is 4. The maximum atomic E-state index is 12.7. The number of carbonyl (C=O) groups excluding carboxylic acids is 1. The lowest BCUT2D eigenvalue weighted by Crippen LogP contribution is -2.42. The first-order valence-electron chi connectivity index (χ1n) is 9.21. The number of hydrazine groups is 1. The van der Waals surface area contributed by atoms with E-state index < -0.39 is 0 Å². The van der Waals surface area contributed by atoms with Gasteiger partial charge in [0.25, 0.3) is 5.91 Å². The van der Waals surface area contributed by atoms with Crippen LogP contribution in [-0.2, 0) is 6.54 Å². The predicted octanol–water partition coefficient (Wildman–Crippen LogP) is 1.28. The molecule has 29 heavy (non-hydrogen) atoms. The molecule has 9 nitrogen and oxygen atoms in total. The molecule has 0 saturated carbocycles. The summed E-state index contributed by atoms with van der Waals surface area (Å²) in [6.07, 6.45) is 1.70. The number of carbonyl (C=O) groups is 1. The van der Waals surface area contributed by atoms with E-state index in [1.54, 1.807) is 18.3 Å². The van der Waals surface area contributed by atoms with Gasteiger partial charge in [0.2, 0.25) is 5.88 Å². The molecule has 10 heteroatoms. The maximum Gasteiger partial charge on any atom is 0.268 e. The third-order valence-electron chi connectivity index (χ3n) is 4.70. The first-order valence-corrected chi connectivity index (χ1v) is 10.3. The van der Waals surface area contributed by atoms with Crippen LogP contribution in [0.2, 0.25) is 0 Å². The number of aliphatic hydroxyl groups excluding tert-OH is 1. The summed E-state index contributed by atoms with van der Waals surface area (Å²) in [6.45, 7) is 2.39. The first-order chi connectivity index (χ1) is 14.1. The van der Waals surface area contributed by atoms with Gasteiger partial charge in [-0.15, -0.1) is 0 Å². The number of amides is 1. The van der Waals surface area contributed by atoms with Gasteiger partial charge >= 0.3 is 0 Å². The number of halogens is 1. The van der Waals surface area contributed by atoms with E-state index >= 15 is 0 Å². The second-order valence-electron chi connectivity index (χ2n) is 6.56. The molecule has 0 radical (unpaired) electrons. The molecule has 0 spiro atoms. The van der Waals surface area contributed by atoms with Crippen LogP contribution in [0.5, 0.6) is 5.88 Å². The molecule has 1 aromatic carbocycles. The minimum absolute atomic E-state index is 0.0675. The van der Waals surface area contributed by atoms with Crippen molar-refractivity contribution < 1.29 is 14.6 Å². The van der Waals surface area contributed by atoms with Gasteiger partial charge in [-0.3, -0.25) is 9.80 Å². The smallest absolute Gasteiger partial charge is 0.268 e. The van der Waals surface area contributed by atoms with Crippen LogP contribution in [0.25, 0.3) is 22.4 Å². The molecule has 1 amide bonds. The molecule has 3 aromatic rings. The lowest BCUT2D eigenvalue weighted by molar-refractivity contribution is 0.0685. The number of nitrogens with zero attached hydrogens (tertiary/aromatic N) is 3. The molecule has 4 N–H and O–H groups in total. The third-order valence-corrected chi connectivity index (χ3v) is 5.60. The molecule has 152 valence electrons. The van der Waals surface area contributed by atoms with Crippen LogP contribution in [0.1, 0.15) is 15.9 Å². The van der Waals surface area contributed by atoms with Gasteiger partial charge in [-0.2, -0.15) is 0 Å². The molecule has 2 aromatic heterocycles. The maximum absolute atomic E-state index is 12.7. The highest BCUT2D eigenvalue weighted by Gasteiger charge is 2.28. The van der Waals surface area contributed by atoms with Crippen LogP contribution in [-0.4, -0.2) is 64.3 Å². The number of H-pyrrole nitrogens is 1. The van der Waals surface area contributed by atoms with Gasteiger partial charge in [0.15, 0.2) is 0 Å². The number of aromatic amines is 1. The Hall–Kier alpha value is -2.28. The van der Waals surface area contributed by atoms with Gasteiger partial charge in [-0.25, -0.2) is 15.4 Å². The molecule has 0 aliphatic carbocycles. The number of fused-ring (bicyclic) bond motifs is 2. The van der Waals surface area contributed by atoms with Gasteiger partial charge < -0.3 is 20.1 Å². The lowest BCUT2D eigenvalue weighted by Gasteiger charge is -2.17. The lowest BCUT2D eigenvalue weighted by atomic mass is 10.1. The Balaban J connectivity index is 1.57. The Labute approximate surface area is 181 Å². The fourth-order valence-electron chi connectivity index (χ4n) is 3.34. The quantitative estimate of drug-likeness (QED) is 0.268. The Morgan fingerprint density at radius 3 is 3.00 bits per heavy atom. The standard InChI is InChI=1S/C19H21IN6O3/c1-29-18-16(13(20)2-3-22-18)17-24-14-8-11-10-26(23-5-4-21-6-7-27)19(28)12(11)9-15(14)25-17/h2-3,8-9,21,23,27H,4-7,10H2,1H3,(H,24,25). The third kappa shape index (κ3) is 3.92. The van der Waals surface area contributed by atoms with E-state index in [2.05, 4.69) is 48.3 Å². The highest BCUT2D eigenvalue weighted by Crippen LogP contribution is 2.33. The molecule has 0 unspecified atom stereocenters. The monoisotopic (exact) mass is 508 g/mol. The van der Waals surface area contributed by atoms with Crippen LogP contribution in [0, 0.1) is 3.57 Å². The Morgan fingerprint density at radius 2 is 2.21 bits per heavy atom. The van der Waals surface area contributed by atoms with Gasteiger partial charge in [-0.1, -0.05) is 0 Å². The minimum atomic E-state index is -0.0675. The van der Waals surface area contributed by atoms with Crippen LogP contribution in [0.4, 0.5) is 0 Å². The van der Waals surface area contributed by atoms with Crippen molar-refractivity contribution in [3.05, 3.63) is 39.1 Å². The largest absolute Gasteiger partial charge is 0.480 e. The van der Waals surface area contributed by atoms with E-state index in [9.17, 15) is 4.79 Å². The zero-order valence-electron chi connectivity index (χ0n) is 15.8. The van der Waals surface area contributed by atoms with Crippen molar-refractivity contribution in [3.63, 3.8) is 0 Å². The summed E-state index contributed by atoms with van der Waals surface area (Å²) in [6, 6.07) is 5.70. The number of rotatable bonds is 8. The first kappa shape index (κ1) is 20.0. The van der Waals surface area contributed by atoms with Gasteiger partial charge in [-0.05, 0) is 46.4 Å². The highest BCUT2D eigenvalue weighted by atomic mass is 127. The molecule has 0 fully saturated rings. The van der Waals surface area contributed by atoms with Crippen molar-refractivity contribution in [1.82, 2.24) is 30.7 Å². The number of aliphatic hydroxyl groups is 1. The number of aromatic nitrogens is 3. The number of methoxy groups -OCH3 is 1. The van der Waals surface area contributed by atoms with E-state index in [1.165, 1.54) is 0 Å². The number of hydrogen-bond acceptors (Lipinski definition) is 7. The van der Waals surface area contributed by atoms with Crippen molar-refractivity contribution >= 4 is 39.5 Å². The van der Waals surface area contributed by atoms with Crippen molar-refractivity contribution in [2.24, 2.45) is 0 Å². The molecule has 4 rings (SSSR count). The van der Waals surface area contributed by atoms with E-state index in [4.69, 9.17) is 9.84 Å². The van der Waals surface area contributed by atoms with Crippen LogP contribution in [0.3, 0.4) is 0 Å². The van der Waals surface area contributed by atoms with Gasteiger partial charge in [0.1, 0.15) is 5.82 Å². The Kier molecular flexibility index (Phi) is 5.94. The number of ether oxygens (including phenoxy) is 1. The highest BCUT2D eigenvalue weighted by molar-refractivity contribution is 14.1. The summed E-state index contributed by atoms with van der Waals surface area (Å²) in [5, 5.41) is 13.5. The minimum Gasteiger partial charge on any atom is -0.480 e. The van der Waals surface area contributed by atoms with Crippen molar-refractivity contribution in [2.45, 2.75) is 6.54 Å². The summed E-state index contributed by atoms with van der Waals surface area (Å²) < 4.78 is 6.36. The summed E-state index contributed by atoms with van der Waals surface area (Å²) >= 11 is 2.23. The second-order valence-corrected chi connectivity index (χ2v) is 7.72. The molecule has 0 saturated heterocycles. The van der Waals surface area contributed by atoms with Crippen molar-refractivity contribution in [1.29, 1.82) is 0 Å². The summed E-state index contributed by atoms with van der Waals surface area (Å²) in [5.41, 5.74) is 7.11. The second kappa shape index (κ2) is 8.61. The number of nitrogens with one attached hydrogen (secondary N) is 3. The molecule has 0 bridgehead atoms. The van der Waals surface area contributed by atoms with Crippen LogP contribution in [0.15, 0.2) is 24.4 Å². The molecule has 1 aliphatic heterocycles. The summed E-state index contributed by atoms with van der Waals surface area (Å²) in [4.78, 5) is 25.0. The molecular formula is C19H21IN6O3. The molecule has 0 atom stereocenters. The molecule has 3 heterocycles. The zero-order chi connectivity index (χ0) is 20.4. The average molecular weight is 508 g/mol. The van der Waals surface area contributed by atoms with Crippen molar-refractivity contribution in [2.75, 3.05) is 33.4 Å².